The number of hydrogen-bond donors (Lipinski definition) is 3. The zero-order chi connectivity index (χ0) is 19.1. The maximum absolute atomic E-state index is 12.2. The number of carbonyl (C=O) groups excluding carboxylic acids is 2. The zero-order valence-electron chi connectivity index (χ0n) is 14.3. The lowest BCUT2D eigenvalue weighted by atomic mass is 10.1. The van der Waals surface area contributed by atoms with Crippen molar-refractivity contribution in [1.29, 1.82) is 0 Å². The van der Waals surface area contributed by atoms with Crippen molar-refractivity contribution in [3.8, 4) is 5.75 Å². The SMILES string of the molecule is O=C(N/N=C/c1ccccc1O)c1cccc(NC(=O)c2ccccc2)c1. The summed E-state index contributed by atoms with van der Waals surface area (Å²) in [5.41, 5.74) is 4.25. The Hall–Kier alpha value is -3.93. The monoisotopic (exact) mass is 359 g/mol. The van der Waals surface area contributed by atoms with E-state index < -0.39 is 5.91 Å². The topological polar surface area (TPSA) is 90.8 Å². The molecular weight excluding hydrogens is 342 g/mol. The van der Waals surface area contributed by atoms with Crippen molar-refractivity contribution < 1.29 is 14.7 Å². The lowest BCUT2D eigenvalue weighted by Crippen LogP contribution is -2.18. The van der Waals surface area contributed by atoms with Gasteiger partial charge in [-0.25, -0.2) is 5.43 Å². The van der Waals surface area contributed by atoms with Crippen LogP contribution in [-0.4, -0.2) is 23.1 Å². The molecule has 134 valence electrons. The second kappa shape index (κ2) is 8.44. The number of carbonyl (C=O) groups is 2. The summed E-state index contributed by atoms with van der Waals surface area (Å²) in [6.45, 7) is 0. The number of para-hydroxylation sites is 1. The van der Waals surface area contributed by atoms with Gasteiger partial charge in [0.1, 0.15) is 5.75 Å². The summed E-state index contributed by atoms with van der Waals surface area (Å²) in [7, 11) is 0. The first-order valence-electron chi connectivity index (χ1n) is 8.21. The minimum absolute atomic E-state index is 0.0705. The zero-order valence-corrected chi connectivity index (χ0v) is 14.3. The molecule has 0 atom stereocenters. The quantitative estimate of drug-likeness (QED) is 0.482. The molecule has 0 fully saturated rings. The van der Waals surface area contributed by atoms with Crippen molar-refractivity contribution >= 4 is 23.7 Å². The highest BCUT2D eigenvalue weighted by molar-refractivity contribution is 6.05. The molecule has 0 unspecified atom stereocenters. The molecule has 6 heteroatoms. The molecule has 0 saturated heterocycles. The summed E-state index contributed by atoms with van der Waals surface area (Å²) in [5, 5.41) is 16.3. The normalized spacial score (nSPS) is 10.5. The Kier molecular flexibility index (Phi) is 5.59. The predicted molar refractivity (Wildman–Crippen MR) is 104 cm³/mol. The Labute approximate surface area is 156 Å². The van der Waals surface area contributed by atoms with Crippen LogP contribution in [-0.2, 0) is 0 Å². The van der Waals surface area contributed by atoms with Gasteiger partial charge in [0.2, 0.25) is 0 Å². The third kappa shape index (κ3) is 4.79. The van der Waals surface area contributed by atoms with Gasteiger partial charge >= 0.3 is 0 Å². The fraction of sp³-hybridized carbons (Fsp3) is 0. The van der Waals surface area contributed by atoms with Gasteiger partial charge < -0.3 is 10.4 Å². The molecular formula is C21H17N3O3. The van der Waals surface area contributed by atoms with Gasteiger partial charge in [-0.05, 0) is 42.5 Å². The van der Waals surface area contributed by atoms with Crippen LogP contribution >= 0.6 is 0 Å². The Bertz CT molecular complexity index is 985. The Morgan fingerprint density at radius 1 is 0.815 bits per heavy atom. The molecule has 0 radical (unpaired) electrons. The molecule has 0 aliphatic rings. The van der Waals surface area contributed by atoms with E-state index in [1.165, 1.54) is 12.3 Å². The van der Waals surface area contributed by atoms with Crippen LogP contribution in [0.15, 0.2) is 84.0 Å². The average molecular weight is 359 g/mol. The summed E-state index contributed by atoms with van der Waals surface area (Å²) in [6.07, 6.45) is 1.36. The van der Waals surface area contributed by atoms with Crippen molar-refractivity contribution in [3.05, 3.63) is 95.6 Å². The summed E-state index contributed by atoms with van der Waals surface area (Å²) in [6, 6.07) is 22.0. The van der Waals surface area contributed by atoms with Gasteiger partial charge in [0, 0.05) is 22.4 Å². The van der Waals surface area contributed by atoms with Crippen molar-refractivity contribution in [1.82, 2.24) is 5.43 Å². The van der Waals surface area contributed by atoms with E-state index in [1.54, 1.807) is 66.7 Å². The molecule has 6 nitrogen and oxygen atoms in total. The molecule has 0 aliphatic carbocycles. The number of amides is 2. The van der Waals surface area contributed by atoms with Crippen molar-refractivity contribution in [3.63, 3.8) is 0 Å². The van der Waals surface area contributed by atoms with E-state index in [2.05, 4.69) is 15.8 Å². The number of hydrogen-bond acceptors (Lipinski definition) is 4. The van der Waals surface area contributed by atoms with Crippen molar-refractivity contribution in [2.75, 3.05) is 5.32 Å². The van der Waals surface area contributed by atoms with Gasteiger partial charge in [-0.1, -0.05) is 36.4 Å². The number of anilines is 1. The Balaban J connectivity index is 1.65. The molecule has 0 spiro atoms. The lowest BCUT2D eigenvalue weighted by molar-refractivity contribution is 0.0953. The van der Waals surface area contributed by atoms with E-state index in [-0.39, 0.29) is 11.7 Å². The van der Waals surface area contributed by atoms with E-state index >= 15 is 0 Å². The standard InChI is InChI=1S/C21H17N3O3/c25-19-12-5-4-9-17(19)14-22-24-21(27)16-10-6-11-18(13-16)23-20(26)15-7-2-1-3-8-15/h1-14,25H,(H,23,26)(H,24,27)/b22-14+. The predicted octanol–water partition coefficient (Wildman–Crippen LogP) is 3.41. The molecule has 3 N–H and O–H groups in total. The number of rotatable bonds is 5. The second-order valence-electron chi connectivity index (χ2n) is 5.66. The average Bonchev–Trinajstić information content (AvgIpc) is 2.70. The molecule has 27 heavy (non-hydrogen) atoms. The fourth-order valence-corrected chi connectivity index (χ4v) is 2.35. The third-order valence-electron chi connectivity index (χ3n) is 3.73. The molecule has 2 amide bonds. The fourth-order valence-electron chi connectivity index (χ4n) is 2.35. The molecule has 3 aromatic rings. The van der Waals surface area contributed by atoms with Gasteiger partial charge in [0.25, 0.3) is 11.8 Å². The number of benzene rings is 3. The maximum Gasteiger partial charge on any atom is 0.271 e. The number of aromatic hydroxyl groups is 1. The summed E-state index contributed by atoms with van der Waals surface area (Å²) in [5.74, 6) is -0.621. The lowest BCUT2D eigenvalue weighted by Gasteiger charge is -2.07. The smallest absolute Gasteiger partial charge is 0.271 e. The third-order valence-corrected chi connectivity index (χ3v) is 3.73. The molecule has 3 rings (SSSR count). The first-order chi connectivity index (χ1) is 13.1. The highest BCUT2D eigenvalue weighted by Crippen LogP contribution is 2.14. The molecule has 0 aromatic heterocycles. The number of phenols is 1. The summed E-state index contributed by atoms with van der Waals surface area (Å²) < 4.78 is 0. The Morgan fingerprint density at radius 2 is 1.52 bits per heavy atom. The first-order valence-corrected chi connectivity index (χ1v) is 8.21. The van der Waals surface area contributed by atoms with Gasteiger partial charge in [0.15, 0.2) is 0 Å². The summed E-state index contributed by atoms with van der Waals surface area (Å²) in [4.78, 5) is 24.4. The van der Waals surface area contributed by atoms with E-state index in [1.807, 2.05) is 6.07 Å². The van der Waals surface area contributed by atoms with Crippen LogP contribution in [0.5, 0.6) is 5.75 Å². The number of nitrogens with one attached hydrogen (secondary N) is 2. The molecule has 0 saturated carbocycles. The van der Waals surface area contributed by atoms with Crippen LogP contribution in [0.25, 0.3) is 0 Å². The van der Waals surface area contributed by atoms with Crippen LogP contribution < -0.4 is 10.7 Å². The van der Waals surface area contributed by atoms with Crippen LogP contribution in [0.3, 0.4) is 0 Å². The van der Waals surface area contributed by atoms with Gasteiger partial charge in [-0.2, -0.15) is 5.10 Å². The highest BCUT2D eigenvalue weighted by atomic mass is 16.3. The van der Waals surface area contributed by atoms with Crippen molar-refractivity contribution in [2.24, 2.45) is 5.10 Å². The van der Waals surface area contributed by atoms with Crippen LogP contribution in [0.4, 0.5) is 5.69 Å². The number of nitrogens with zero attached hydrogens (tertiary/aromatic N) is 1. The summed E-state index contributed by atoms with van der Waals surface area (Å²) >= 11 is 0. The molecule has 3 aromatic carbocycles. The van der Waals surface area contributed by atoms with Crippen LogP contribution in [0, 0.1) is 0 Å². The van der Waals surface area contributed by atoms with E-state index in [4.69, 9.17) is 0 Å². The largest absolute Gasteiger partial charge is 0.507 e. The minimum Gasteiger partial charge on any atom is -0.507 e. The van der Waals surface area contributed by atoms with Crippen LogP contribution in [0.1, 0.15) is 26.3 Å². The van der Waals surface area contributed by atoms with Gasteiger partial charge in [0.05, 0.1) is 6.21 Å². The molecule has 0 aliphatic heterocycles. The minimum atomic E-state index is -0.433. The number of phenolic OH excluding ortho intramolecular Hbond substituents is 1. The maximum atomic E-state index is 12.2. The van der Waals surface area contributed by atoms with Crippen molar-refractivity contribution in [2.45, 2.75) is 0 Å². The van der Waals surface area contributed by atoms with E-state index in [9.17, 15) is 14.7 Å². The molecule has 0 heterocycles. The Morgan fingerprint density at radius 3 is 2.30 bits per heavy atom. The van der Waals surface area contributed by atoms with Gasteiger partial charge in [-0.3, -0.25) is 9.59 Å². The second-order valence-corrected chi connectivity index (χ2v) is 5.66. The number of hydrazone groups is 1. The highest BCUT2D eigenvalue weighted by Gasteiger charge is 2.08. The van der Waals surface area contributed by atoms with E-state index in [0.29, 0.717) is 22.4 Å². The van der Waals surface area contributed by atoms with E-state index in [0.717, 1.165) is 0 Å². The molecule has 0 bridgehead atoms. The van der Waals surface area contributed by atoms with Crippen LogP contribution in [0.2, 0.25) is 0 Å². The van der Waals surface area contributed by atoms with Gasteiger partial charge in [-0.15, -0.1) is 0 Å². The first kappa shape index (κ1) is 17.9.